The highest BCUT2D eigenvalue weighted by atomic mass is 79.9. The van der Waals surface area contributed by atoms with Gasteiger partial charge in [-0.05, 0) is 4.83 Å². The van der Waals surface area contributed by atoms with E-state index in [1.54, 1.807) is 6.20 Å². The van der Waals surface area contributed by atoms with E-state index in [9.17, 15) is 4.79 Å². The van der Waals surface area contributed by atoms with E-state index in [1.165, 1.54) is 6.20 Å². The van der Waals surface area contributed by atoms with E-state index in [0.717, 1.165) is 0 Å². The average Bonchev–Trinajstić information content (AvgIpc) is 2.40. The second kappa shape index (κ2) is 3.78. The molecule has 1 aromatic rings. The SMILES string of the molecule is O=C(C#CBr)Nc1cn[nH]c1. The third-order valence-corrected chi connectivity index (χ3v) is 1.12. The molecular formula is C6H4BrN3O. The molecular weight excluding hydrogens is 210 g/mol. The molecule has 0 aliphatic rings. The maximum absolute atomic E-state index is 10.8. The lowest BCUT2D eigenvalue weighted by Crippen LogP contribution is -2.07. The van der Waals surface area contributed by atoms with Crippen molar-refractivity contribution in [2.24, 2.45) is 0 Å². The Morgan fingerprint density at radius 1 is 1.82 bits per heavy atom. The van der Waals surface area contributed by atoms with Gasteiger partial charge in [-0.2, -0.15) is 5.10 Å². The van der Waals surface area contributed by atoms with Gasteiger partial charge < -0.3 is 5.32 Å². The van der Waals surface area contributed by atoms with Crippen LogP contribution in [0.25, 0.3) is 0 Å². The monoisotopic (exact) mass is 213 g/mol. The Kier molecular flexibility index (Phi) is 2.69. The van der Waals surface area contributed by atoms with Crippen LogP contribution in [0.2, 0.25) is 0 Å². The summed E-state index contributed by atoms with van der Waals surface area (Å²) in [4.78, 5) is 13.1. The number of nitrogens with one attached hydrogen (secondary N) is 2. The third-order valence-electron chi connectivity index (χ3n) is 0.917. The number of hydrogen-bond acceptors (Lipinski definition) is 2. The van der Waals surface area contributed by atoms with Crippen molar-refractivity contribution >= 4 is 27.5 Å². The molecule has 1 aromatic heterocycles. The highest BCUT2D eigenvalue weighted by Gasteiger charge is 1.96. The van der Waals surface area contributed by atoms with Crippen LogP contribution in [0.3, 0.4) is 0 Å². The van der Waals surface area contributed by atoms with Gasteiger partial charge in [-0.25, -0.2) is 0 Å². The smallest absolute Gasteiger partial charge is 0.301 e. The van der Waals surface area contributed by atoms with Crippen molar-refractivity contribution in [3.8, 4) is 10.8 Å². The Labute approximate surface area is 71.5 Å². The topological polar surface area (TPSA) is 57.8 Å². The van der Waals surface area contributed by atoms with Crippen molar-refractivity contribution < 1.29 is 4.79 Å². The zero-order valence-electron chi connectivity index (χ0n) is 5.39. The van der Waals surface area contributed by atoms with Crippen LogP contribution in [0, 0.1) is 10.8 Å². The largest absolute Gasteiger partial charge is 0.312 e. The molecule has 11 heavy (non-hydrogen) atoms. The number of aromatic amines is 1. The van der Waals surface area contributed by atoms with Crippen LogP contribution in [-0.2, 0) is 4.79 Å². The number of amides is 1. The van der Waals surface area contributed by atoms with Crippen LogP contribution >= 0.6 is 15.9 Å². The number of nitrogens with zero attached hydrogens (tertiary/aromatic N) is 1. The molecule has 0 saturated heterocycles. The normalized spacial score (nSPS) is 8.09. The molecule has 0 bridgehead atoms. The van der Waals surface area contributed by atoms with E-state index >= 15 is 0 Å². The number of carbonyl (C=O) groups excluding carboxylic acids is 1. The lowest BCUT2D eigenvalue weighted by atomic mass is 10.5. The second-order valence-electron chi connectivity index (χ2n) is 1.66. The van der Waals surface area contributed by atoms with Gasteiger partial charge in [0.25, 0.3) is 0 Å². The molecule has 1 amide bonds. The number of hydrogen-bond donors (Lipinski definition) is 2. The molecule has 4 nitrogen and oxygen atoms in total. The lowest BCUT2D eigenvalue weighted by molar-refractivity contribution is -0.111. The standard InChI is InChI=1S/C6H4BrN3O/c7-2-1-6(11)10-5-3-8-9-4-5/h3-4H,(H,8,9)(H,10,11). The van der Waals surface area contributed by atoms with Gasteiger partial charge in [-0.3, -0.25) is 9.89 Å². The summed E-state index contributed by atoms with van der Waals surface area (Å²) in [5.41, 5.74) is 0.602. The summed E-state index contributed by atoms with van der Waals surface area (Å²) < 4.78 is 0. The highest BCUT2D eigenvalue weighted by molar-refractivity contribution is 9.12. The maximum atomic E-state index is 10.8. The quantitative estimate of drug-likeness (QED) is 0.676. The Hall–Kier alpha value is -1.28. The molecule has 0 atom stereocenters. The summed E-state index contributed by atoms with van der Waals surface area (Å²) >= 11 is 2.81. The van der Waals surface area contributed by atoms with Crippen LogP contribution in [0.4, 0.5) is 5.69 Å². The van der Waals surface area contributed by atoms with Crippen molar-refractivity contribution in [1.82, 2.24) is 10.2 Å². The molecule has 0 radical (unpaired) electrons. The average molecular weight is 214 g/mol. The third kappa shape index (κ3) is 2.43. The Morgan fingerprint density at radius 2 is 2.64 bits per heavy atom. The predicted molar refractivity (Wildman–Crippen MR) is 43.9 cm³/mol. The van der Waals surface area contributed by atoms with Gasteiger partial charge in [0, 0.05) is 28.0 Å². The van der Waals surface area contributed by atoms with Gasteiger partial charge in [-0.1, -0.05) is 0 Å². The first-order valence-corrected chi connectivity index (χ1v) is 3.53. The van der Waals surface area contributed by atoms with Crippen molar-refractivity contribution in [3.63, 3.8) is 0 Å². The van der Waals surface area contributed by atoms with Crippen LogP contribution in [-0.4, -0.2) is 16.1 Å². The van der Waals surface area contributed by atoms with Crippen molar-refractivity contribution in [1.29, 1.82) is 0 Å². The minimum absolute atomic E-state index is 0.372. The molecule has 0 fully saturated rings. The summed E-state index contributed by atoms with van der Waals surface area (Å²) in [6.45, 7) is 0. The van der Waals surface area contributed by atoms with Crippen LogP contribution in [0.1, 0.15) is 0 Å². The summed E-state index contributed by atoms with van der Waals surface area (Å²) in [7, 11) is 0. The molecule has 0 aromatic carbocycles. The minimum atomic E-state index is -0.372. The van der Waals surface area contributed by atoms with Gasteiger partial charge in [-0.15, -0.1) is 0 Å². The first-order valence-electron chi connectivity index (χ1n) is 2.74. The minimum Gasteiger partial charge on any atom is -0.312 e. The first kappa shape index (κ1) is 7.82. The van der Waals surface area contributed by atoms with Gasteiger partial charge >= 0.3 is 5.91 Å². The van der Waals surface area contributed by atoms with E-state index < -0.39 is 0 Å². The van der Waals surface area contributed by atoms with Gasteiger partial charge in [0.1, 0.15) is 0 Å². The summed E-state index contributed by atoms with van der Waals surface area (Å²) in [5.74, 6) is 1.89. The Balaban J connectivity index is 2.55. The predicted octanol–water partition coefficient (Wildman–Crippen LogP) is 0.704. The van der Waals surface area contributed by atoms with E-state index in [4.69, 9.17) is 0 Å². The lowest BCUT2D eigenvalue weighted by Gasteiger charge is -1.91. The molecule has 0 unspecified atom stereocenters. The molecule has 1 heterocycles. The van der Waals surface area contributed by atoms with E-state index in [2.05, 4.69) is 42.2 Å². The van der Waals surface area contributed by atoms with E-state index in [-0.39, 0.29) is 5.91 Å². The summed E-state index contributed by atoms with van der Waals surface area (Å²) in [6, 6.07) is 0. The molecule has 1 rings (SSSR count). The molecule has 0 aliphatic carbocycles. The number of rotatable bonds is 1. The number of anilines is 1. The number of H-pyrrole nitrogens is 1. The van der Waals surface area contributed by atoms with E-state index in [0.29, 0.717) is 5.69 Å². The summed E-state index contributed by atoms with van der Waals surface area (Å²) in [6.07, 6.45) is 3.06. The number of aromatic nitrogens is 2. The maximum Gasteiger partial charge on any atom is 0.301 e. The zero-order valence-corrected chi connectivity index (χ0v) is 6.97. The fourth-order valence-corrected chi connectivity index (χ4v) is 0.705. The van der Waals surface area contributed by atoms with Crippen LogP contribution in [0.5, 0.6) is 0 Å². The van der Waals surface area contributed by atoms with Gasteiger partial charge in [0.05, 0.1) is 11.9 Å². The first-order chi connectivity index (χ1) is 5.33. The van der Waals surface area contributed by atoms with Crippen LogP contribution < -0.4 is 5.32 Å². The van der Waals surface area contributed by atoms with Crippen molar-refractivity contribution in [3.05, 3.63) is 12.4 Å². The molecule has 0 saturated carbocycles. The fourth-order valence-electron chi connectivity index (χ4n) is 0.525. The molecule has 5 heteroatoms. The zero-order chi connectivity index (χ0) is 8.10. The Bertz CT molecular complexity index is 295. The molecule has 56 valence electrons. The van der Waals surface area contributed by atoms with Gasteiger partial charge in [0.2, 0.25) is 0 Å². The highest BCUT2D eigenvalue weighted by Crippen LogP contribution is 1.99. The second-order valence-corrected chi connectivity index (χ2v) is 2.06. The van der Waals surface area contributed by atoms with Crippen LogP contribution in [0.15, 0.2) is 12.4 Å². The van der Waals surface area contributed by atoms with Crippen molar-refractivity contribution in [2.45, 2.75) is 0 Å². The molecule has 0 spiro atoms. The summed E-state index contributed by atoms with van der Waals surface area (Å²) in [5, 5.41) is 8.67. The Morgan fingerprint density at radius 3 is 3.18 bits per heavy atom. The number of halogens is 1. The number of carbonyl (C=O) groups is 1. The fraction of sp³-hybridized carbons (Fsp3) is 0. The van der Waals surface area contributed by atoms with E-state index in [1.807, 2.05) is 0 Å². The molecule has 0 aliphatic heterocycles. The van der Waals surface area contributed by atoms with Crippen molar-refractivity contribution in [2.75, 3.05) is 5.32 Å². The molecule has 2 N–H and O–H groups in total. The van der Waals surface area contributed by atoms with Gasteiger partial charge in [0.15, 0.2) is 0 Å².